The lowest BCUT2D eigenvalue weighted by molar-refractivity contribution is 0.0697. The van der Waals surface area contributed by atoms with Gasteiger partial charge in [-0.1, -0.05) is 0 Å². The summed E-state index contributed by atoms with van der Waals surface area (Å²) < 4.78 is 0. The molecule has 1 aromatic carbocycles. The normalized spacial score (nSPS) is 21.8. The predicted molar refractivity (Wildman–Crippen MR) is 96.1 cm³/mol. The number of carboxylic acids is 1. The van der Waals surface area contributed by atoms with E-state index in [1.54, 1.807) is 0 Å². The molecule has 0 bridgehead atoms. The summed E-state index contributed by atoms with van der Waals surface area (Å²) in [6.45, 7) is 3.51. The number of nitrogens with zero attached hydrogens (tertiary/aromatic N) is 2. The molecule has 6 nitrogen and oxygen atoms in total. The first kappa shape index (κ1) is 17.2. The molecule has 0 radical (unpaired) electrons. The number of pyridine rings is 1. The van der Waals surface area contributed by atoms with E-state index in [1.807, 2.05) is 18.5 Å². The van der Waals surface area contributed by atoms with Crippen molar-refractivity contribution in [3.05, 3.63) is 54.4 Å². The molecule has 2 aliphatic heterocycles. The maximum absolute atomic E-state index is 10.2. The quantitative estimate of drug-likeness (QED) is 0.778. The number of hydrogen-bond acceptors (Lipinski definition) is 5. The Hall–Kier alpha value is -2.60. The van der Waals surface area contributed by atoms with Crippen molar-refractivity contribution in [1.29, 1.82) is 0 Å². The number of carboxylic acid groups (broad SMARTS) is 1. The van der Waals surface area contributed by atoms with Crippen molar-refractivity contribution in [2.45, 2.75) is 24.8 Å². The predicted octanol–water partition coefficient (Wildman–Crippen LogP) is 2.50. The smallest absolute Gasteiger partial charge is 0.335 e. The average Bonchev–Trinajstić information content (AvgIpc) is 3.27. The molecule has 2 aromatic rings. The summed E-state index contributed by atoms with van der Waals surface area (Å²) in [6.07, 6.45) is 7.75. The zero-order valence-electron chi connectivity index (χ0n) is 14.1. The van der Waals surface area contributed by atoms with E-state index in [9.17, 15) is 4.79 Å². The van der Waals surface area contributed by atoms with Crippen LogP contribution in [0.4, 0.5) is 5.69 Å². The Balaban J connectivity index is 0.000000160. The Morgan fingerprint density at radius 1 is 1.20 bits per heavy atom. The van der Waals surface area contributed by atoms with Gasteiger partial charge in [-0.15, -0.1) is 0 Å². The van der Waals surface area contributed by atoms with Crippen LogP contribution in [0.15, 0.2) is 48.8 Å². The van der Waals surface area contributed by atoms with E-state index < -0.39 is 5.97 Å². The van der Waals surface area contributed by atoms with Crippen LogP contribution in [0, 0.1) is 0 Å². The summed E-state index contributed by atoms with van der Waals surface area (Å²) in [7, 11) is 0. The number of benzene rings is 1. The monoisotopic (exact) mass is 341 g/mol. The highest BCUT2D eigenvalue weighted by molar-refractivity contribution is 5.87. The highest BCUT2D eigenvalue weighted by Gasteiger charge is 2.39. The molecule has 1 spiro atoms. The molecule has 1 atom stereocenters. The number of anilines is 1. The highest BCUT2D eigenvalue weighted by atomic mass is 16.4. The van der Waals surface area contributed by atoms with Gasteiger partial charge < -0.3 is 20.4 Å². The van der Waals surface area contributed by atoms with Gasteiger partial charge in [-0.3, -0.25) is 4.98 Å². The summed E-state index contributed by atoms with van der Waals surface area (Å²) in [4.78, 5) is 16.9. The SMILES string of the molecule is O=C(O)c1ccc(O)cc1.c1cncc(N2CC[C@@]3(CCCN3)C2)c1. The van der Waals surface area contributed by atoms with Crippen molar-refractivity contribution in [3.8, 4) is 5.75 Å². The lowest BCUT2D eigenvalue weighted by atomic mass is 9.97. The van der Waals surface area contributed by atoms with Gasteiger partial charge in [0.05, 0.1) is 17.4 Å². The molecule has 3 N–H and O–H groups in total. The van der Waals surface area contributed by atoms with Crippen molar-refractivity contribution >= 4 is 11.7 Å². The number of phenolic OH excluding ortho intramolecular Hbond substituents is 1. The molecular weight excluding hydrogens is 318 g/mol. The van der Waals surface area contributed by atoms with Crippen molar-refractivity contribution in [2.75, 3.05) is 24.5 Å². The third-order valence-electron chi connectivity index (χ3n) is 4.81. The molecule has 0 amide bonds. The van der Waals surface area contributed by atoms with E-state index in [2.05, 4.69) is 21.3 Å². The Labute approximate surface area is 147 Å². The molecule has 132 valence electrons. The zero-order valence-corrected chi connectivity index (χ0v) is 14.1. The number of rotatable bonds is 2. The van der Waals surface area contributed by atoms with Gasteiger partial charge in [0, 0.05) is 24.8 Å². The molecule has 1 aromatic heterocycles. The number of carbonyl (C=O) groups is 1. The third-order valence-corrected chi connectivity index (χ3v) is 4.81. The van der Waals surface area contributed by atoms with Crippen LogP contribution in [0.2, 0.25) is 0 Å². The standard InChI is InChI=1S/C12H17N3.C7H6O3/c1-3-11(9-13-6-1)15-8-5-12(10-15)4-2-7-14-12;8-6-3-1-5(2-4-6)7(9)10/h1,3,6,9,14H,2,4-5,7-8,10H2;1-4,8H,(H,9,10)/t12-;/m0./s1. The van der Waals surface area contributed by atoms with Crippen LogP contribution in [0.3, 0.4) is 0 Å². The van der Waals surface area contributed by atoms with Crippen LogP contribution in [0.5, 0.6) is 5.75 Å². The molecule has 25 heavy (non-hydrogen) atoms. The van der Waals surface area contributed by atoms with Gasteiger partial charge in [-0.25, -0.2) is 4.79 Å². The maximum Gasteiger partial charge on any atom is 0.335 e. The number of hydrogen-bond donors (Lipinski definition) is 3. The summed E-state index contributed by atoms with van der Waals surface area (Å²) in [5.41, 5.74) is 1.86. The van der Waals surface area contributed by atoms with E-state index in [1.165, 1.54) is 62.3 Å². The van der Waals surface area contributed by atoms with Crippen molar-refractivity contribution < 1.29 is 15.0 Å². The zero-order chi connectivity index (χ0) is 17.7. The van der Waals surface area contributed by atoms with Crippen LogP contribution in [-0.4, -0.2) is 46.3 Å². The molecule has 2 aliphatic rings. The van der Waals surface area contributed by atoms with E-state index in [4.69, 9.17) is 10.2 Å². The molecule has 2 fully saturated rings. The van der Waals surface area contributed by atoms with Crippen molar-refractivity contribution in [1.82, 2.24) is 10.3 Å². The molecule has 0 unspecified atom stereocenters. The summed E-state index contributed by atoms with van der Waals surface area (Å²) in [5.74, 6) is -0.912. The molecule has 2 saturated heterocycles. The van der Waals surface area contributed by atoms with Gasteiger partial charge in [0.2, 0.25) is 0 Å². The van der Waals surface area contributed by atoms with Crippen LogP contribution >= 0.6 is 0 Å². The minimum absolute atomic E-state index is 0.0741. The first-order valence-corrected chi connectivity index (χ1v) is 8.50. The molecule has 3 heterocycles. The highest BCUT2D eigenvalue weighted by Crippen LogP contribution is 2.32. The number of aromatic nitrogens is 1. The molecule has 4 rings (SSSR count). The van der Waals surface area contributed by atoms with Crippen molar-refractivity contribution in [3.63, 3.8) is 0 Å². The lowest BCUT2D eigenvalue weighted by Crippen LogP contribution is -2.42. The van der Waals surface area contributed by atoms with Gasteiger partial charge in [-0.05, 0) is 62.2 Å². The second kappa shape index (κ2) is 7.53. The van der Waals surface area contributed by atoms with Gasteiger partial charge in [0.1, 0.15) is 5.75 Å². The first-order chi connectivity index (χ1) is 12.1. The topological polar surface area (TPSA) is 85.7 Å². The van der Waals surface area contributed by atoms with Crippen LogP contribution in [0.1, 0.15) is 29.6 Å². The average molecular weight is 341 g/mol. The van der Waals surface area contributed by atoms with Gasteiger partial charge in [-0.2, -0.15) is 0 Å². The molecular formula is C19H23N3O3. The van der Waals surface area contributed by atoms with E-state index >= 15 is 0 Å². The maximum atomic E-state index is 10.2. The van der Waals surface area contributed by atoms with E-state index in [0.717, 1.165) is 6.54 Å². The Morgan fingerprint density at radius 3 is 2.60 bits per heavy atom. The largest absolute Gasteiger partial charge is 0.508 e. The number of aromatic hydroxyl groups is 1. The first-order valence-electron chi connectivity index (χ1n) is 8.50. The van der Waals surface area contributed by atoms with Crippen LogP contribution < -0.4 is 10.2 Å². The fraction of sp³-hybridized carbons (Fsp3) is 0.368. The second-order valence-electron chi connectivity index (χ2n) is 6.55. The number of nitrogens with one attached hydrogen (secondary N) is 1. The summed E-state index contributed by atoms with van der Waals surface area (Å²) in [6, 6.07) is 9.53. The second-order valence-corrected chi connectivity index (χ2v) is 6.55. The van der Waals surface area contributed by atoms with E-state index in [-0.39, 0.29) is 11.3 Å². The lowest BCUT2D eigenvalue weighted by Gasteiger charge is -2.25. The molecule has 6 heteroatoms. The van der Waals surface area contributed by atoms with Gasteiger partial charge >= 0.3 is 5.97 Å². The van der Waals surface area contributed by atoms with Crippen LogP contribution in [0.25, 0.3) is 0 Å². The van der Waals surface area contributed by atoms with E-state index in [0.29, 0.717) is 5.54 Å². The van der Waals surface area contributed by atoms with Crippen molar-refractivity contribution in [2.24, 2.45) is 0 Å². The molecule has 0 saturated carbocycles. The Kier molecular flexibility index (Phi) is 5.19. The summed E-state index contributed by atoms with van der Waals surface area (Å²) >= 11 is 0. The third kappa shape index (κ3) is 4.28. The minimum Gasteiger partial charge on any atom is -0.508 e. The molecule has 0 aliphatic carbocycles. The van der Waals surface area contributed by atoms with Crippen LogP contribution in [-0.2, 0) is 0 Å². The Bertz CT molecular complexity index is 698. The Morgan fingerprint density at radius 2 is 2.00 bits per heavy atom. The number of aromatic carboxylic acids is 1. The fourth-order valence-electron chi connectivity index (χ4n) is 3.45. The fourth-order valence-corrected chi connectivity index (χ4v) is 3.45. The van der Waals surface area contributed by atoms with Gasteiger partial charge in [0.25, 0.3) is 0 Å². The van der Waals surface area contributed by atoms with Gasteiger partial charge in [0.15, 0.2) is 0 Å². The summed E-state index contributed by atoms with van der Waals surface area (Å²) in [5, 5.41) is 20.8. The minimum atomic E-state index is -0.986. The number of phenols is 1.